The average Bonchev–Trinajstić information content (AvgIpc) is 2.68. The topological polar surface area (TPSA) is 81.4 Å². The number of esters is 1. The maximum Gasteiger partial charge on any atom is 0.376 e. The highest BCUT2D eigenvalue weighted by Crippen LogP contribution is 2.36. The van der Waals surface area contributed by atoms with Gasteiger partial charge in [0.25, 0.3) is 0 Å². The summed E-state index contributed by atoms with van der Waals surface area (Å²) in [5.41, 5.74) is 2.29. The number of aromatic nitrogens is 1. The maximum atomic E-state index is 11.8. The number of aryl methyl sites for hydroxylation is 1. The minimum atomic E-state index is -0.596. The van der Waals surface area contributed by atoms with E-state index in [0.717, 1.165) is 11.3 Å². The third-order valence-corrected chi connectivity index (χ3v) is 2.95. The van der Waals surface area contributed by atoms with E-state index in [-0.39, 0.29) is 24.7 Å². The monoisotopic (exact) mass is 260 g/mol. The number of hydrogen-bond donors (Lipinski definition) is 1. The van der Waals surface area contributed by atoms with Crippen LogP contribution in [0.3, 0.4) is 0 Å². The Hall–Kier alpha value is -2.37. The van der Waals surface area contributed by atoms with Gasteiger partial charge in [0.1, 0.15) is 5.69 Å². The smallest absolute Gasteiger partial charge is 0.376 e. The summed E-state index contributed by atoms with van der Waals surface area (Å²) < 4.78 is 10.4. The first-order valence-electron chi connectivity index (χ1n) is 6.00. The summed E-state index contributed by atoms with van der Waals surface area (Å²) in [6.07, 6.45) is 0.259. The Morgan fingerprint density at radius 2 is 2.37 bits per heavy atom. The number of ether oxygens (including phenoxy) is 1. The third kappa shape index (κ3) is 1.76. The van der Waals surface area contributed by atoms with Crippen LogP contribution >= 0.6 is 0 Å². The van der Waals surface area contributed by atoms with Crippen molar-refractivity contribution in [3.05, 3.63) is 23.1 Å². The Morgan fingerprint density at radius 1 is 1.58 bits per heavy atom. The molecule has 2 aromatic rings. The number of pyridine rings is 1. The van der Waals surface area contributed by atoms with E-state index in [0.29, 0.717) is 16.8 Å². The van der Waals surface area contributed by atoms with Gasteiger partial charge in [0, 0.05) is 5.69 Å². The van der Waals surface area contributed by atoms with Gasteiger partial charge in [-0.05, 0) is 25.5 Å². The van der Waals surface area contributed by atoms with Crippen LogP contribution in [0.15, 0.2) is 10.5 Å². The van der Waals surface area contributed by atoms with E-state index >= 15 is 0 Å². The zero-order valence-corrected chi connectivity index (χ0v) is 10.6. The van der Waals surface area contributed by atoms with E-state index in [9.17, 15) is 9.59 Å². The lowest BCUT2D eigenvalue weighted by molar-refractivity contribution is -0.115. The molecule has 98 valence electrons. The summed E-state index contributed by atoms with van der Waals surface area (Å²) in [4.78, 5) is 27.7. The molecule has 0 bridgehead atoms. The number of amides is 1. The van der Waals surface area contributed by atoms with Gasteiger partial charge in [-0.2, -0.15) is 0 Å². The van der Waals surface area contributed by atoms with E-state index in [4.69, 9.17) is 9.15 Å². The van der Waals surface area contributed by atoms with Gasteiger partial charge < -0.3 is 14.5 Å². The molecule has 0 saturated heterocycles. The van der Waals surface area contributed by atoms with Crippen molar-refractivity contribution in [2.45, 2.75) is 20.3 Å². The number of carbonyl (C=O) groups is 2. The van der Waals surface area contributed by atoms with Crippen molar-refractivity contribution in [2.24, 2.45) is 0 Å². The lowest BCUT2D eigenvalue weighted by atomic mass is 10.0. The van der Waals surface area contributed by atoms with Crippen LogP contribution < -0.4 is 5.32 Å². The third-order valence-electron chi connectivity index (χ3n) is 2.95. The number of carbonyl (C=O) groups excluding carboxylic acids is 2. The lowest BCUT2D eigenvalue weighted by Crippen LogP contribution is -2.20. The van der Waals surface area contributed by atoms with E-state index in [2.05, 4.69) is 10.3 Å². The van der Waals surface area contributed by atoms with Crippen molar-refractivity contribution in [3.63, 3.8) is 0 Å². The SMILES string of the molecule is CCOC(=O)c1oc2nc(C)cc3c2c1NC(=O)C3. The van der Waals surface area contributed by atoms with Crippen molar-refractivity contribution < 1.29 is 18.7 Å². The highest BCUT2D eigenvalue weighted by Gasteiger charge is 2.29. The number of anilines is 1. The molecule has 0 aromatic carbocycles. The first kappa shape index (κ1) is 11.7. The molecule has 0 unspecified atom stereocenters. The molecule has 6 heteroatoms. The Kier molecular flexibility index (Phi) is 2.51. The van der Waals surface area contributed by atoms with Crippen molar-refractivity contribution in [1.82, 2.24) is 4.98 Å². The Balaban J connectivity index is 2.27. The largest absolute Gasteiger partial charge is 0.460 e. The molecule has 0 radical (unpaired) electrons. The van der Waals surface area contributed by atoms with Crippen LogP contribution in [0.5, 0.6) is 0 Å². The zero-order valence-electron chi connectivity index (χ0n) is 10.6. The predicted molar refractivity (Wildman–Crippen MR) is 67.0 cm³/mol. The number of furan rings is 1. The quantitative estimate of drug-likeness (QED) is 0.833. The first-order chi connectivity index (χ1) is 9.10. The molecule has 3 heterocycles. The molecular formula is C13H12N2O4. The van der Waals surface area contributed by atoms with Crippen LogP contribution in [0.2, 0.25) is 0 Å². The Morgan fingerprint density at radius 3 is 3.11 bits per heavy atom. The van der Waals surface area contributed by atoms with Gasteiger partial charge in [-0.3, -0.25) is 4.79 Å². The summed E-state index contributed by atoms with van der Waals surface area (Å²) in [6.45, 7) is 3.76. The van der Waals surface area contributed by atoms with Crippen molar-refractivity contribution in [3.8, 4) is 0 Å². The zero-order chi connectivity index (χ0) is 13.6. The second-order valence-corrected chi connectivity index (χ2v) is 4.35. The van der Waals surface area contributed by atoms with E-state index in [1.165, 1.54) is 0 Å². The second-order valence-electron chi connectivity index (χ2n) is 4.35. The molecule has 0 spiro atoms. The summed E-state index contributed by atoms with van der Waals surface area (Å²) in [7, 11) is 0. The minimum Gasteiger partial charge on any atom is -0.460 e. The maximum absolute atomic E-state index is 11.8. The Labute approximate surface area is 108 Å². The predicted octanol–water partition coefficient (Wildman–Crippen LogP) is 1.81. The van der Waals surface area contributed by atoms with Crippen LogP contribution in [-0.4, -0.2) is 23.5 Å². The first-order valence-corrected chi connectivity index (χ1v) is 6.00. The second kappa shape index (κ2) is 4.08. The molecule has 1 aliphatic rings. The number of nitrogens with one attached hydrogen (secondary N) is 1. The van der Waals surface area contributed by atoms with Crippen molar-refractivity contribution in [1.29, 1.82) is 0 Å². The summed E-state index contributed by atoms with van der Waals surface area (Å²) in [5, 5.41) is 3.35. The van der Waals surface area contributed by atoms with Gasteiger partial charge in [0.15, 0.2) is 0 Å². The molecule has 1 N–H and O–H groups in total. The highest BCUT2D eigenvalue weighted by atomic mass is 16.5. The number of rotatable bonds is 2. The Bertz CT molecular complexity index is 702. The van der Waals surface area contributed by atoms with Crippen molar-refractivity contribution in [2.75, 3.05) is 11.9 Å². The van der Waals surface area contributed by atoms with Gasteiger partial charge >= 0.3 is 5.97 Å². The summed E-state index contributed by atoms with van der Waals surface area (Å²) in [5.74, 6) is -0.767. The minimum absolute atomic E-state index is 0.00394. The van der Waals surface area contributed by atoms with Crippen LogP contribution in [0.1, 0.15) is 28.7 Å². The fourth-order valence-electron chi connectivity index (χ4n) is 2.27. The molecule has 6 nitrogen and oxygen atoms in total. The van der Waals surface area contributed by atoms with Crippen LogP contribution in [-0.2, 0) is 16.0 Å². The molecule has 0 saturated carbocycles. The average molecular weight is 260 g/mol. The van der Waals surface area contributed by atoms with Gasteiger partial charge in [-0.15, -0.1) is 0 Å². The molecule has 19 heavy (non-hydrogen) atoms. The van der Waals surface area contributed by atoms with E-state index < -0.39 is 5.97 Å². The molecule has 0 aliphatic carbocycles. The van der Waals surface area contributed by atoms with Gasteiger partial charge in [-0.25, -0.2) is 9.78 Å². The molecule has 0 atom stereocenters. The lowest BCUT2D eigenvalue weighted by Gasteiger charge is -2.13. The molecular weight excluding hydrogens is 248 g/mol. The van der Waals surface area contributed by atoms with Gasteiger partial charge in [-0.1, -0.05) is 0 Å². The molecule has 1 aliphatic heterocycles. The molecule has 3 rings (SSSR count). The van der Waals surface area contributed by atoms with Crippen LogP contribution in [0.25, 0.3) is 11.1 Å². The standard InChI is InChI=1S/C13H12N2O4/c1-3-18-13(17)11-10-9-7(5-8(16)15-10)4-6(2)14-12(9)19-11/h4H,3,5H2,1-2H3,(H,15,16). The van der Waals surface area contributed by atoms with Crippen LogP contribution in [0, 0.1) is 6.92 Å². The summed E-state index contributed by atoms with van der Waals surface area (Å²) in [6, 6.07) is 1.83. The van der Waals surface area contributed by atoms with Crippen molar-refractivity contribution >= 4 is 28.7 Å². The molecule has 2 aromatic heterocycles. The molecule has 0 fully saturated rings. The van der Waals surface area contributed by atoms with Crippen LogP contribution in [0.4, 0.5) is 5.69 Å². The normalized spacial score (nSPS) is 13.5. The number of nitrogens with zero attached hydrogens (tertiary/aromatic N) is 1. The van der Waals surface area contributed by atoms with Gasteiger partial charge in [0.05, 0.1) is 18.4 Å². The van der Waals surface area contributed by atoms with Gasteiger partial charge in [0.2, 0.25) is 17.4 Å². The highest BCUT2D eigenvalue weighted by molar-refractivity contribution is 6.13. The van der Waals surface area contributed by atoms with E-state index in [1.807, 2.05) is 13.0 Å². The fourth-order valence-corrected chi connectivity index (χ4v) is 2.27. The summed E-state index contributed by atoms with van der Waals surface area (Å²) >= 11 is 0. The number of hydrogen-bond acceptors (Lipinski definition) is 5. The molecule has 1 amide bonds. The van der Waals surface area contributed by atoms with E-state index in [1.54, 1.807) is 6.92 Å². The fraction of sp³-hybridized carbons (Fsp3) is 0.308.